The second-order valence-corrected chi connectivity index (χ2v) is 8.47. The number of sulfone groups is 1. The highest BCUT2D eigenvalue weighted by molar-refractivity contribution is 7.91. The van der Waals surface area contributed by atoms with Crippen LogP contribution in [0.4, 0.5) is 5.69 Å². The third-order valence-corrected chi connectivity index (χ3v) is 6.30. The van der Waals surface area contributed by atoms with Gasteiger partial charge in [-0.25, -0.2) is 13.4 Å². The molecule has 1 aromatic heterocycles. The molecule has 1 N–H and O–H groups in total. The van der Waals surface area contributed by atoms with Crippen molar-refractivity contribution in [2.45, 2.75) is 37.1 Å². The maximum absolute atomic E-state index is 12.6. The summed E-state index contributed by atoms with van der Waals surface area (Å²) >= 11 is 0. The predicted molar refractivity (Wildman–Crippen MR) is 97.3 cm³/mol. The number of pyridine rings is 1. The monoisotopic (exact) mass is 358 g/mol. The van der Waals surface area contributed by atoms with E-state index in [0.717, 1.165) is 25.7 Å². The SMILES string of the molecule is O=C(Nc1ccccc1)c1ccnc(S(=O)(=O)CC2CCCCC2)c1. The Kier molecular flexibility index (Phi) is 5.48. The number of nitrogens with one attached hydrogen (secondary N) is 1. The molecule has 1 heterocycles. The first-order chi connectivity index (χ1) is 12.0. The van der Waals surface area contributed by atoms with Gasteiger partial charge in [0, 0.05) is 17.4 Å². The zero-order valence-electron chi connectivity index (χ0n) is 14.0. The largest absolute Gasteiger partial charge is 0.322 e. The zero-order chi connectivity index (χ0) is 17.7. The normalized spacial score (nSPS) is 15.7. The Morgan fingerprint density at radius 1 is 1.08 bits per heavy atom. The van der Waals surface area contributed by atoms with Gasteiger partial charge in [-0.05, 0) is 43.0 Å². The van der Waals surface area contributed by atoms with Crippen LogP contribution < -0.4 is 5.32 Å². The Balaban J connectivity index is 1.75. The molecule has 0 radical (unpaired) electrons. The number of carbonyl (C=O) groups is 1. The van der Waals surface area contributed by atoms with Crippen LogP contribution in [-0.4, -0.2) is 25.1 Å². The van der Waals surface area contributed by atoms with E-state index < -0.39 is 9.84 Å². The number of aromatic nitrogens is 1. The van der Waals surface area contributed by atoms with Gasteiger partial charge in [-0.1, -0.05) is 37.5 Å². The summed E-state index contributed by atoms with van der Waals surface area (Å²) in [5, 5.41) is 2.74. The van der Waals surface area contributed by atoms with Crippen LogP contribution in [-0.2, 0) is 9.84 Å². The van der Waals surface area contributed by atoms with E-state index >= 15 is 0 Å². The summed E-state index contributed by atoms with van der Waals surface area (Å²) in [4.78, 5) is 16.3. The maximum atomic E-state index is 12.6. The third kappa shape index (κ3) is 4.66. The molecule has 6 heteroatoms. The number of para-hydroxylation sites is 1. The fraction of sp³-hybridized carbons (Fsp3) is 0.368. The number of hydrogen-bond donors (Lipinski definition) is 1. The molecule has 1 saturated carbocycles. The van der Waals surface area contributed by atoms with Crippen LogP contribution in [0.1, 0.15) is 42.5 Å². The molecule has 0 atom stereocenters. The van der Waals surface area contributed by atoms with E-state index in [1.54, 1.807) is 12.1 Å². The molecule has 1 amide bonds. The Morgan fingerprint density at radius 2 is 1.80 bits per heavy atom. The Bertz CT molecular complexity index is 829. The van der Waals surface area contributed by atoms with Gasteiger partial charge in [0.15, 0.2) is 14.9 Å². The van der Waals surface area contributed by atoms with Crippen molar-refractivity contribution in [1.82, 2.24) is 4.98 Å². The fourth-order valence-corrected chi connectivity index (χ4v) is 4.85. The van der Waals surface area contributed by atoms with Crippen molar-refractivity contribution in [2.75, 3.05) is 11.1 Å². The first kappa shape index (κ1) is 17.6. The molecule has 1 fully saturated rings. The van der Waals surface area contributed by atoms with Crippen LogP contribution in [0.2, 0.25) is 0 Å². The van der Waals surface area contributed by atoms with E-state index in [9.17, 15) is 13.2 Å². The molecule has 1 aliphatic rings. The number of nitrogens with zero attached hydrogens (tertiary/aromatic N) is 1. The molecule has 0 aliphatic heterocycles. The molecule has 1 aromatic carbocycles. The summed E-state index contributed by atoms with van der Waals surface area (Å²) in [7, 11) is -3.48. The molecule has 0 spiro atoms. The first-order valence-electron chi connectivity index (χ1n) is 8.60. The molecule has 0 bridgehead atoms. The van der Waals surface area contributed by atoms with Crippen molar-refractivity contribution in [2.24, 2.45) is 5.92 Å². The van der Waals surface area contributed by atoms with E-state index in [0.29, 0.717) is 11.3 Å². The minimum absolute atomic E-state index is 0.0150. The number of amides is 1. The summed E-state index contributed by atoms with van der Waals surface area (Å²) in [6.07, 6.45) is 6.65. The number of benzene rings is 1. The van der Waals surface area contributed by atoms with Crippen LogP contribution in [0.15, 0.2) is 53.7 Å². The van der Waals surface area contributed by atoms with Gasteiger partial charge in [-0.2, -0.15) is 0 Å². The van der Waals surface area contributed by atoms with E-state index in [4.69, 9.17) is 0 Å². The summed E-state index contributed by atoms with van der Waals surface area (Å²) in [5.41, 5.74) is 0.956. The van der Waals surface area contributed by atoms with E-state index in [-0.39, 0.29) is 22.6 Å². The second kappa shape index (κ2) is 7.78. The molecular formula is C19H22N2O3S. The Morgan fingerprint density at radius 3 is 2.52 bits per heavy atom. The second-order valence-electron chi connectivity index (χ2n) is 6.49. The van der Waals surface area contributed by atoms with Gasteiger partial charge in [0.2, 0.25) is 0 Å². The van der Waals surface area contributed by atoms with E-state index in [2.05, 4.69) is 10.3 Å². The smallest absolute Gasteiger partial charge is 0.255 e. The van der Waals surface area contributed by atoms with Crippen LogP contribution >= 0.6 is 0 Å². The predicted octanol–water partition coefficient (Wildman–Crippen LogP) is 3.69. The quantitative estimate of drug-likeness (QED) is 0.884. The number of hydrogen-bond acceptors (Lipinski definition) is 4. The van der Waals surface area contributed by atoms with Crippen molar-refractivity contribution in [3.05, 3.63) is 54.2 Å². The van der Waals surface area contributed by atoms with Crippen LogP contribution in [0.3, 0.4) is 0 Å². The molecule has 132 valence electrons. The minimum Gasteiger partial charge on any atom is -0.322 e. The minimum atomic E-state index is -3.48. The van der Waals surface area contributed by atoms with Crippen LogP contribution in [0.25, 0.3) is 0 Å². The molecule has 0 unspecified atom stereocenters. The highest BCUT2D eigenvalue weighted by atomic mass is 32.2. The van der Waals surface area contributed by atoms with Crippen molar-refractivity contribution < 1.29 is 13.2 Å². The van der Waals surface area contributed by atoms with Gasteiger partial charge in [0.1, 0.15) is 0 Å². The molecule has 1 aliphatic carbocycles. The van der Waals surface area contributed by atoms with Gasteiger partial charge >= 0.3 is 0 Å². The lowest BCUT2D eigenvalue weighted by Gasteiger charge is -2.21. The van der Waals surface area contributed by atoms with Crippen molar-refractivity contribution in [3.8, 4) is 0 Å². The molecule has 5 nitrogen and oxygen atoms in total. The van der Waals surface area contributed by atoms with Gasteiger partial charge in [-0.15, -0.1) is 0 Å². The van der Waals surface area contributed by atoms with Gasteiger partial charge < -0.3 is 5.32 Å². The average Bonchev–Trinajstić information content (AvgIpc) is 2.63. The van der Waals surface area contributed by atoms with Gasteiger partial charge in [0.25, 0.3) is 5.91 Å². The lowest BCUT2D eigenvalue weighted by Crippen LogP contribution is -2.20. The summed E-state index contributed by atoms with van der Waals surface area (Å²) in [6.45, 7) is 0. The van der Waals surface area contributed by atoms with E-state index in [1.807, 2.05) is 18.2 Å². The van der Waals surface area contributed by atoms with Gasteiger partial charge in [0.05, 0.1) is 5.75 Å². The highest BCUT2D eigenvalue weighted by Crippen LogP contribution is 2.26. The summed E-state index contributed by atoms with van der Waals surface area (Å²) < 4.78 is 25.3. The number of carbonyl (C=O) groups excluding carboxylic acids is 1. The Hall–Kier alpha value is -2.21. The highest BCUT2D eigenvalue weighted by Gasteiger charge is 2.24. The van der Waals surface area contributed by atoms with Gasteiger partial charge in [-0.3, -0.25) is 4.79 Å². The molecule has 3 rings (SSSR count). The third-order valence-electron chi connectivity index (χ3n) is 4.53. The van der Waals surface area contributed by atoms with Crippen molar-refractivity contribution in [1.29, 1.82) is 0 Å². The molecule has 25 heavy (non-hydrogen) atoms. The topological polar surface area (TPSA) is 76.1 Å². The average molecular weight is 358 g/mol. The molecule has 0 saturated heterocycles. The standard InChI is InChI=1S/C19H22N2O3S/c22-19(21-17-9-5-2-6-10-17)16-11-12-20-18(13-16)25(23,24)14-15-7-3-1-4-8-15/h2,5-6,9-13,15H,1,3-4,7-8,14H2,(H,21,22). The lowest BCUT2D eigenvalue weighted by molar-refractivity contribution is 0.102. The van der Waals surface area contributed by atoms with Crippen LogP contribution in [0, 0.1) is 5.92 Å². The molecule has 2 aromatic rings. The summed E-state index contributed by atoms with van der Waals surface area (Å²) in [6, 6.07) is 12.0. The van der Waals surface area contributed by atoms with Crippen LogP contribution in [0.5, 0.6) is 0 Å². The zero-order valence-corrected chi connectivity index (χ0v) is 14.8. The van der Waals surface area contributed by atoms with Crippen molar-refractivity contribution >= 4 is 21.4 Å². The lowest BCUT2D eigenvalue weighted by atomic mass is 9.91. The number of rotatable bonds is 5. The molecular weight excluding hydrogens is 336 g/mol. The van der Waals surface area contributed by atoms with E-state index in [1.165, 1.54) is 24.8 Å². The Labute approximate surface area is 148 Å². The maximum Gasteiger partial charge on any atom is 0.255 e. The van der Waals surface area contributed by atoms with Crippen molar-refractivity contribution in [3.63, 3.8) is 0 Å². The fourth-order valence-electron chi connectivity index (χ4n) is 3.19. The first-order valence-corrected chi connectivity index (χ1v) is 10.2. The summed E-state index contributed by atoms with van der Waals surface area (Å²) in [5.74, 6) is -0.0332. The number of anilines is 1.